The number of aliphatic hydroxyl groups excluding tert-OH is 1. The fourth-order valence-corrected chi connectivity index (χ4v) is 6.14. The highest BCUT2D eigenvalue weighted by molar-refractivity contribution is 7.81. The second kappa shape index (κ2) is 15.1. The van der Waals surface area contributed by atoms with Gasteiger partial charge in [-0.2, -0.15) is 42.1 Å². The zero-order valence-electron chi connectivity index (χ0n) is 22.1. The lowest BCUT2D eigenvalue weighted by atomic mass is 9.96. The topological polar surface area (TPSA) is 384 Å². The summed E-state index contributed by atoms with van der Waals surface area (Å²) in [6.45, 7) is -2.66. The van der Waals surface area contributed by atoms with Crippen LogP contribution in [0.2, 0.25) is 0 Å². The molecule has 0 aliphatic carbocycles. The summed E-state index contributed by atoms with van der Waals surface area (Å²) in [5.74, 6) is 0. The summed E-state index contributed by atoms with van der Waals surface area (Å²) >= 11 is 0. The van der Waals surface area contributed by atoms with Crippen LogP contribution in [-0.4, -0.2) is 159 Å². The fourth-order valence-electron chi connectivity index (χ4n) is 4.07. The molecular weight excluding hydrogens is 744 g/mol. The monoisotopic (exact) mass is 770 g/mol. The first-order valence-electron chi connectivity index (χ1n) is 11.1. The lowest BCUT2D eigenvalue weighted by Gasteiger charge is -2.48. The first-order valence-corrected chi connectivity index (χ1v) is 18.0. The van der Waals surface area contributed by atoms with Crippen molar-refractivity contribution in [3.05, 3.63) is 0 Å². The van der Waals surface area contributed by atoms with E-state index in [0.717, 1.165) is 14.2 Å². The van der Waals surface area contributed by atoms with E-state index in [2.05, 4.69) is 20.9 Å². The summed E-state index contributed by atoms with van der Waals surface area (Å²) in [6, 6.07) is 0. The van der Waals surface area contributed by atoms with E-state index in [9.17, 15) is 56.3 Å². The quantitative estimate of drug-likeness (QED) is 0.0800. The van der Waals surface area contributed by atoms with E-state index < -0.39 is 127 Å². The van der Waals surface area contributed by atoms with Gasteiger partial charge in [-0.1, -0.05) is 0 Å². The van der Waals surface area contributed by atoms with Crippen molar-refractivity contribution in [3.63, 3.8) is 0 Å². The minimum Gasteiger partial charge on any atom is -0.376 e. The molecule has 2 heterocycles. The Balaban J connectivity index is 2.72. The second-order valence-electron chi connectivity index (χ2n) is 8.50. The van der Waals surface area contributed by atoms with Crippen molar-refractivity contribution in [3.8, 4) is 0 Å². The number of rotatable bonds is 16. The molecule has 6 N–H and O–H groups in total. The predicted molar refractivity (Wildman–Crippen MR) is 130 cm³/mol. The number of ether oxygens (including phenoxy) is 5. The molecule has 0 aromatic heterocycles. The Hall–Kier alpha value is -0.890. The summed E-state index contributed by atoms with van der Waals surface area (Å²) in [5.41, 5.74) is 0. The minimum atomic E-state index is -5.76. The zero-order chi connectivity index (χ0) is 34.8. The summed E-state index contributed by atoms with van der Waals surface area (Å²) < 4.78 is 207. The molecule has 0 unspecified atom stereocenters. The summed E-state index contributed by atoms with van der Waals surface area (Å²) in [4.78, 5) is 0. The minimum absolute atomic E-state index is 0.878. The molecule has 2 aliphatic heterocycles. The van der Waals surface area contributed by atoms with Gasteiger partial charge in [0.1, 0.15) is 36.6 Å². The second-order valence-corrected chi connectivity index (χ2v) is 13.8. The van der Waals surface area contributed by atoms with Gasteiger partial charge in [0, 0.05) is 14.2 Å². The fraction of sp³-hybridized carbons (Fsp3) is 1.00. The van der Waals surface area contributed by atoms with Crippen LogP contribution < -0.4 is 0 Å². The van der Waals surface area contributed by atoms with Gasteiger partial charge in [-0.3, -0.25) is 22.8 Å². The molecule has 0 saturated carbocycles. The van der Waals surface area contributed by atoms with Crippen molar-refractivity contribution in [2.24, 2.45) is 0 Å². The van der Waals surface area contributed by atoms with Crippen LogP contribution in [0.25, 0.3) is 0 Å². The van der Waals surface area contributed by atoms with Crippen LogP contribution in [0.5, 0.6) is 0 Å². The van der Waals surface area contributed by atoms with Crippen molar-refractivity contribution >= 4 is 52.0 Å². The predicted octanol–water partition coefficient (Wildman–Crippen LogP) is -4.95. The van der Waals surface area contributed by atoms with Crippen molar-refractivity contribution in [2.75, 3.05) is 27.4 Å². The standard InChI is InChI=1S/C14H26O26S5/c1-31-7-5(3-33-41(16,17)18)36-14(12(9(7)32-2)40-45(28,29)30)37-8-6(4-34-42(19,20)21)35-13(15)11(39-44(25,26)27)10(8)38-43(22,23)24/h5-15H,3-4H2,1-2H3,(H,16,17,18)(H,19,20,21)(H,22,23,24)(H,25,26,27)(H,28,29,30)/t5-,6-,7+,8-,9+,10+,11-,12-,13-,14-/m1/s1. The largest absolute Gasteiger partial charge is 0.397 e. The lowest BCUT2D eigenvalue weighted by Crippen LogP contribution is -2.66. The molecule has 2 aliphatic rings. The average Bonchev–Trinajstić information content (AvgIpc) is 2.82. The van der Waals surface area contributed by atoms with Gasteiger partial charge in [-0.15, -0.1) is 0 Å². The number of methoxy groups -OCH3 is 2. The third-order valence-corrected chi connectivity index (χ3v) is 7.76. The number of aliphatic hydroxyl groups is 1. The third kappa shape index (κ3) is 13.3. The lowest BCUT2D eigenvalue weighted by molar-refractivity contribution is -0.349. The molecule has 0 amide bonds. The van der Waals surface area contributed by atoms with Crippen LogP contribution >= 0.6 is 0 Å². The molecule has 10 atom stereocenters. The highest BCUT2D eigenvalue weighted by Crippen LogP contribution is 2.35. The van der Waals surface area contributed by atoms with Crippen molar-refractivity contribution in [1.82, 2.24) is 0 Å². The maximum atomic E-state index is 11.7. The van der Waals surface area contributed by atoms with Crippen molar-refractivity contribution in [2.45, 2.75) is 61.4 Å². The van der Waals surface area contributed by atoms with E-state index in [1.807, 2.05) is 0 Å². The first kappa shape index (κ1) is 40.3. The van der Waals surface area contributed by atoms with Crippen molar-refractivity contribution in [1.29, 1.82) is 0 Å². The molecule has 0 aromatic rings. The Bertz CT molecular complexity index is 1540. The van der Waals surface area contributed by atoms with E-state index in [0.29, 0.717) is 0 Å². The first-order chi connectivity index (χ1) is 20.2. The molecule has 2 saturated heterocycles. The van der Waals surface area contributed by atoms with Gasteiger partial charge < -0.3 is 28.8 Å². The molecule has 268 valence electrons. The Morgan fingerprint density at radius 3 is 1.31 bits per heavy atom. The molecule has 31 heteroatoms. The van der Waals surface area contributed by atoms with Gasteiger partial charge in [0.15, 0.2) is 24.8 Å². The van der Waals surface area contributed by atoms with Crippen LogP contribution in [-0.2, 0) is 96.6 Å². The van der Waals surface area contributed by atoms with Gasteiger partial charge in [-0.25, -0.2) is 20.9 Å². The summed E-state index contributed by atoms with van der Waals surface area (Å²) in [6.07, 6.45) is -23.1. The molecule has 0 bridgehead atoms. The molecular formula is C14H26O26S5. The molecule has 2 fully saturated rings. The molecule has 0 aromatic carbocycles. The number of hydrogen-bond donors (Lipinski definition) is 6. The maximum absolute atomic E-state index is 11.7. The molecule has 26 nitrogen and oxygen atoms in total. The van der Waals surface area contributed by atoms with Gasteiger partial charge in [0.2, 0.25) is 0 Å². The van der Waals surface area contributed by atoms with Gasteiger partial charge >= 0.3 is 52.0 Å². The Morgan fingerprint density at radius 1 is 0.511 bits per heavy atom. The highest BCUT2D eigenvalue weighted by Gasteiger charge is 2.56. The van der Waals surface area contributed by atoms with E-state index in [1.54, 1.807) is 0 Å². The van der Waals surface area contributed by atoms with E-state index in [4.69, 9.17) is 37.3 Å². The smallest absolute Gasteiger partial charge is 0.376 e. The third-order valence-electron chi connectivity index (χ3n) is 5.50. The highest BCUT2D eigenvalue weighted by atomic mass is 32.3. The Kier molecular flexibility index (Phi) is 13.5. The average molecular weight is 771 g/mol. The molecule has 45 heavy (non-hydrogen) atoms. The maximum Gasteiger partial charge on any atom is 0.397 e. The van der Waals surface area contributed by atoms with Crippen molar-refractivity contribution < 1.29 is 115 Å². The zero-order valence-corrected chi connectivity index (χ0v) is 26.2. The van der Waals surface area contributed by atoms with Crippen LogP contribution in [0.15, 0.2) is 0 Å². The van der Waals surface area contributed by atoms with E-state index >= 15 is 0 Å². The Morgan fingerprint density at radius 2 is 0.911 bits per heavy atom. The van der Waals surface area contributed by atoms with E-state index in [-0.39, 0.29) is 0 Å². The van der Waals surface area contributed by atoms with E-state index in [1.165, 1.54) is 0 Å². The van der Waals surface area contributed by atoms with Gasteiger partial charge in [0.05, 0.1) is 13.2 Å². The summed E-state index contributed by atoms with van der Waals surface area (Å²) in [7, 11) is -25.7. The van der Waals surface area contributed by atoms with Gasteiger partial charge in [0.25, 0.3) is 0 Å². The molecule has 0 spiro atoms. The van der Waals surface area contributed by atoms with Crippen LogP contribution in [0, 0.1) is 0 Å². The number of hydrogen-bond acceptors (Lipinski definition) is 21. The van der Waals surface area contributed by atoms with Crippen LogP contribution in [0.1, 0.15) is 0 Å². The van der Waals surface area contributed by atoms with Crippen LogP contribution in [0.4, 0.5) is 0 Å². The molecule has 0 radical (unpaired) electrons. The normalized spacial score (nSPS) is 34.0. The Labute approximate surface area is 255 Å². The summed E-state index contributed by atoms with van der Waals surface area (Å²) in [5, 5.41) is 10.3. The van der Waals surface area contributed by atoms with Gasteiger partial charge in [-0.05, 0) is 0 Å². The van der Waals surface area contributed by atoms with Crippen LogP contribution in [0.3, 0.4) is 0 Å². The SMILES string of the molecule is CO[C@H]1[C@@H](OC)[C@@H](COS(=O)(=O)O)O[C@H](O[C@H]2[C@H](OS(=O)(=O)O)[C@@H](OS(=O)(=O)O)[C@H](O)O[C@@H]2COS(=O)(=O)O)[C@@H]1OS(=O)(=O)O. The molecule has 2 rings (SSSR count).